The molecule has 0 spiro atoms. The van der Waals surface area contributed by atoms with Crippen molar-refractivity contribution < 1.29 is 17.6 Å². The maximum absolute atomic E-state index is 15.1. The molecule has 8 nitrogen and oxygen atoms in total. The van der Waals surface area contributed by atoms with Crippen LogP contribution in [0.25, 0.3) is 28.0 Å². The normalized spacial score (nSPS) is 18.4. The Morgan fingerprint density at radius 2 is 1.96 bits per heavy atom. The second-order valence-electron chi connectivity index (χ2n) is 11.6. The number of aromatic nitrogens is 3. The van der Waals surface area contributed by atoms with Gasteiger partial charge in [0.25, 0.3) is 0 Å². The lowest BCUT2D eigenvalue weighted by Gasteiger charge is -2.31. The number of alkyl halides is 3. The van der Waals surface area contributed by atoms with E-state index >= 15 is 4.39 Å². The fourth-order valence-corrected chi connectivity index (χ4v) is 6.02. The number of nitrogens with one attached hydrogen (secondary N) is 2. The molecule has 0 bridgehead atoms. The molecule has 0 saturated carbocycles. The average molecular weight is 646 g/mol. The zero-order valence-corrected chi connectivity index (χ0v) is 25.6. The second kappa shape index (κ2) is 13.7. The van der Waals surface area contributed by atoms with Crippen LogP contribution < -0.4 is 22.5 Å². The van der Waals surface area contributed by atoms with Crippen molar-refractivity contribution >= 4 is 28.5 Å². The van der Waals surface area contributed by atoms with Crippen molar-refractivity contribution in [3.05, 3.63) is 81.1 Å². The maximum Gasteiger partial charge on any atom is 0.403 e. The molecule has 0 unspecified atom stereocenters. The summed E-state index contributed by atoms with van der Waals surface area (Å²) in [5, 5.41) is 4.11. The van der Waals surface area contributed by atoms with Crippen molar-refractivity contribution in [1.29, 1.82) is 0 Å². The molecule has 6 N–H and O–H groups in total. The van der Waals surface area contributed by atoms with Gasteiger partial charge in [0.1, 0.15) is 11.7 Å². The molecule has 0 radical (unpaired) electrons. The average Bonchev–Trinajstić information content (AvgIpc) is 3.40. The van der Waals surface area contributed by atoms with E-state index in [2.05, 4.69) is 20.3 Å². The molecule has 0 amide bonds. The number of piperidine rings is 1. The molecule has 1 aliphatic heterocycles. The van der Waals surface area contributed by atoms with Crippen molar-refractivity contribution in [1.82, 2.24) is 19.9 Å². The largest absolute Gasteiger partial charge is 0.403 e. The molecular weight excluding hydrogens is 610 g/mol. The third-order valence-corrected chi connectivity index (χ3v) is 8.46. The van der Waals surface area contributed by atoms with Crippen LogP contribution in [0.5, 0.6) is 0 Å². The summed E-state index contributed by atoms with van der Waals surface area (Å²) in [4.78, 5) is 24.4. The van der Waals surface area contributed by atoms with Crippen molar-refractivity contribution in [2.45, 2.75) is 76.2 Å². The number of nitrogens with two attached hydrogens (primary N) is 2. The Morgan fingerprint density at radius 3 is 2.67 bits per heavy atom. The highest BCUT2D eigenvalue weighted by Gasteiger charge is 2.35. The highest BCUT2D eigenvalue weighted by Crippen LogP contribution is 2.32. The molecular formula is C32H36ClF4N7O. The van der Waals surface area contributed by atoms with Gasteiger partial charge >= 0.3 is 11.9 Å². The molecule has 2 aromatic carbocycles. The summed E-state index contributed by atoms with van der Waals surface area (Å²) in [5.74, 6) is -0.101. The minimum atomic E-state index is -4.47. The van der Waals surface area contributed by atoms with Gasteiger partial charge in [0.2, 0.25) is 0 Å². The smallest absolute Gasteiger partial charge is 0.388 e. The van der Waals surface area contributed by atoms with Crippen molar-refractivity contribution in [3.8, 4) is 16.9 Å². The summed E-state index contributed by atoms with van der Waals surface area (Å²) in [6.07, 6.45) is 1.40. The Hall–Kier alpha value is -3.74. The fourth-order valence-electron chi connectivity index (χ4n) is 5.77. The molecule has 2 aromatic heterocycles. The molecule has 13 heteroatoms. The monoisotopic (exact) mass is 645 g/mol. The molecule has 0 aliphatic carbocycles. The fraction of sp³-hybridized carbons (Fsp3) is 0.406. The highest BCUT2D eigenvalue weighted by molar-refractivity contribution is 6.31. The molecule has 45 heavy (non-hydrogen) atoms. The molecule has 4 aromatic rings. The van der Waals surface area contributed by atoms with Crippen molar-refractivity contribution in [3.63, 3.8) is 0 Å². The lowest BCUT2D eigenvalue weighted by molar-refractivity contribution is -0.149. The summed E-state index contributed by atoms with van der Waals surface area (Å²) in [7, 11) is 0. The van der Waals surface area contributed by atoms with Gasteiger partial charge in [-0.3, -0.25) is 9.56 Å². The third-order valence-electron chi connectivity index (χ3n) is 8.18. The molecule has 240 valence electrons. The van der Waals surface area contributed by atoms with Gasteiger partial charge in [0, 0.05) is 35.8 Å². The van der Waals surface area contributed by atoms with Crippen molar-refractivity contribution in [2.24, 2.45) is 16.5 Å². The van der Waals surface area contributed by atoms with Gasteiger partial charge in [-0.05, 0) is 86.9 Å². The Kier molecular flexibility index (Phi) is 9.95. The van der Waals surface area contributed by atoms with Crippen LogP contribution in [-0.2, 0) is 6.42 Å². The van der Waals surface area contributed by atoms with E-state index in [0.717, 1.165) is 31.2 Å². The van der Waals surface area contributed by atoms with Crippen LogP contribution >= 0.6 is 11.6 Å². The number of aliphatic imine (C=N–C) groups is 1. The van der Waals surface area contributed by atoms with Gasteiger partial charge in [-0.2, -0.15) is 18.2 Å². The van der Waals surface area contributed by atoms with Crippen LogP contribution in [0.4, 0.5) is 17.6 Å². The Balaban J connectivity index is 1.33. The van der Waals surface area contributed by atoms with Crippen LogP contribution in [-0.4, -0.2) is 45.2 Å². The quantitative estimate of drug-likeness (QED) is 0.0910. The Bertz CT molecular complexity index is 1730. The predicted octanol–water partition coefficient (Wildman–Crippen LogP) is 6.34. The first-order valence-electron chi connectivity index (χ1n) is 14.9. The molecule has 1 aliphatic rings. The number of aryl methyl sites for hydroxylation is 1. The summed E-state index contributed by atoms with van der Waals surface area (Å²) in [6.45, 7) is 2.48. The topological polar surface area (TPSA) is 127 Å². The van der Waals surface area contributed by atoms with Crippen LogP contribution in [0.1, 0.15) is 62.6 Å². The molecule has 1 saturated heterocycles. The second-order valence-corrected chi connectivity index (χ2v) is 12.0. The number of nitrogens with zero attached hydrogens (tertiary/aromatic N) is 3. The van der Waals surface area contributed by atoms with Gasteiger partial charge < -0.3 is 21.8 Å². The lowest BCUT2D eigenvalue weighted by atomic mass is 9.92. The van der Waals surface area contributed by atoms with Gasteiger partial charge in [-0.1, -0.05) is 30.2 Å². The van der Waals surface area contributed by atoms with Crippen LogP contribution in [0, 0.1) is 5.82 Å². The number of hydrogen-bond acceptors (Lipinski definition) is 5. The number of fused-ring (bicyclic) bond motifs is 1. The third kappa shape index (κ3) is 7.92. The van der Waals surface area contributed by atoms with Gasteiger partial charge in [0.05, 0.1) is 22.2 Å². The minimum absolute atomic E-state index is 0.127. The highest BCUT2D eigenvalue weighted by atomic mass is 35.5. The van der Waals surface area contributed by atoms with E-state index in [4.69, 9.17) is 23.1 Å². The van der Waals surface area contributed by atoms with Gasteiger partial charge in [-0.15, -0.1) is 0 Å². The van der Waals surface area contributed by atoms with E-state index in [-0.39, 0.29) is 41.5 Å². The van der Waals surface area contributed by atoms with E-state index in [1.54, 1.807) is 19.2 Å². The Morgan fingerprint density at radius 1 is 1.20 bits per heavy atom. The SMILES string of the molecule is CC(N)=NCC[C@@H]1CCC[C@@H](c2ccc(-n3cc4cc(-c5cc(CCC[C@@H](N)C(F)(F)F)cc(Cl)c5F)[nH]c4nc3=O)cc2)N1. The van der Waals surface area contributed by atoms with E-state index in [9.17, 15) is 18.0 Å². The molecule has 3 heterocycles. The number of amidine groups is 1. The first kappa shape index (κ1) is 32.6. The van der Waals surface area contributed by atoms with E-state index in [1.807, 2.05) is 24.3 Å². The standard InChI is InChI=1S/C32H36ClF4N7O/c1-18(38)40-13-12-22-5-3-6-26(41-22)20-8-10-23(11-9-20)44-17-21-16-27(42-30(21)43-31(44)45)24-14-19(15-25(33)29(24)34)4-2-7-28(39)32(35,36)37/h8-11,14-17,22,26,28,41H,2-7,12-13,39H2,1H3,(H2,38,40)(H,42,43,45)/t22-,26-,28+/m0/s1. The maximum atomic E-state index is 15.1. The van der Waals surface area contributed by atoms with E-state index in [1.165, 1.54) is 16.7 Å². The lowest BCUT2D eigenvalue weighted by Crippen LogP contribution is -2.37. The number of H-pyrrole nitrogens is 1. The van der Waals surface area contributed by atoms with E-state index < -0.39 is 23.7 Å². The number of aromatic amines is 1. The number of halogens is 5. The van der Waals surface area contributed by atoms with Gasteiger partial charge in [0.15, 0.2) is 5.82 Å². The van der Waals surface area contributed by atoms with Crippen LogP contribution in [0.15, 0.2) is 58.4 Å². The molecule has 1 fully saturated rings. The zero-order chi connectivity index (χ0) is 32.3. The first-order chi connectivity index (χ1) is 21.4. The number of rotatable bonds is 10. The zero-order valence-electron chi connectivity index (χ0n) is 24.8. The first-order valence-corrected chi connectivity index (χ1v) is 15.3. The minimum Gasteiger partial charge on any atom is -0.388 e. The number of benzene rings is 2. The van der Waals surface area contributed by atoms with Crippen molar-refractivity contribution in [2.75, 3.05) is 6.54 Å². The molecule has 3 atom stereocenters. The summed E-state index contributed by atoms with van der Waals surface area (Å²) < 4.78 is 54.8. The van der Waals surface area contributed by atoms with Crippen LogP contribution in [0.3, 0.4) is 0 Å². The predicted molar refractivity (Wildman–Crippen MR) is 169 cm³/mol. The molecule has 5 rings (SSSR count). The number of hydrogen-bond donors (Lipinski definition) is 4. The summed E-state index contributed by atoms with van der Waals surface area (Å²) in [6, 6.07) is 11.0. The van der Waals surface area contributed by atoms with E-state index in [0.29, 0.717) is 40.8 Å². The summed E-state index contributed by atoms with van der Waals surface area (Å²) >= 11 is 6.15. The van der Waals surface area contributed by atoms with Crippen LogP contribution in [0.2, 0.25) is 5.02 Å². The van der Waals surface area contributed by atoms with Gasteiger partial charge in [-0.25, -0.2) is 9.18 Å². The Labute approximate surface area is 262 Å². The summed E-state index contributed by atoms with van der Waals surface area (Å²) in [5.41, 5.74) is 13.4.